The number of carbonyl (C=O) groups excluding carboxylic acids is 2. The molecule has 2 amide bonds. The van der Waals surface area contributed by atoms with Crippen LogP contribution in [0.3, 0.4) is 0 Å². The summed E-state index contributed by atoms with van der Waals surface area (Å²) in [5, 5.41) is 5.75. The number of benzene rings is 2. The zero-order chi connectivity index (χ0) is 21.5. The molecule has 0 unspecified atom stereocenters. The second-order valence-corrected chi connectivity index (χ2v) is 7.55. The Kier molecular flexibility index (Phi) is 7.37. The Bertz CT molecular complexity index is 867. The summed E-state index contributed by atoms with van der Waals surface area (Å²) in [6.45, 7) is 5.50. The predicted octanol–water partition coefficient (Wildman–Crippen LogP) is -0.417. The van der Waals surface area contributed by atoms with Gasteiger partial charge in [0.1, 0.15) is 37.7 Å². The van der Waals surface area contributed by atoms with Crippen molar-refractivity contribution in [2.75, 3.05) is 50.5 Å². The minimum atomic E-state index is -0.332. The van der Waals surface area contributed by atoms with E-state index in [0.717, 1.165) is 26.2 Å². The van der Waals surface area contributed by atoms with Crippen molar-refractivity contribution >= 4 is 23.2 Å². The van der Waals surface area contributed by atoms with Crippen molar-refractivity contribution in [2.45, 2.75) is 13.0 Å². The molecule has 7 nitrogen and oxygen atoms in total. The summed E-state index contributed by atoms with van der Waals surface area (Å²) < 4.78 is 18.3. The number of anilines is 2. The SMILES string of the molecule is COc1ccccc1NC(=O)[C@@H](C)[NH+]1CC[NH+](CC(=O)Nc2ccc(F)cc2)CC1. The number of amides is 2. The highest BCUT2D eigenvalue weighted by atomic mass is 19.1. The molecule has 0 bridgehead atoms. The van der Waals surface area contributed by atoms with Crippen molar-refractivity contribution in [3.05, 3.63) is 54.3 Å². The Morgan fingerprint density at radius 1 is 1.03 bits per heavy atom. The lowest BCUT2D eigenvalue weighted by atomic mass is 10.2. The van der Waals surface area contributed by atoms with Gasteiger partial charge < -0.3 is 25.2 Å². The van der Waals surface area contributed by atoms with Crippen molar-refractivity contribution in [1.82, 2.24) is 0 Å². The molecule has 1 atom stereocenters. The molecular formula is C22H29FN4O3+2. The van der Waals surface area contributed by atoms with E-state index in [1.807, 2.05) is 31.2 Å². The molecule has 1 fully saturated rings. The van der Waals surface area contributed by atoms with E-state index in [4.69, 9.17) is 4.74 Å². The first-order chi connectivity index (χ1) is 14.5. The highest BCUT2D eigenvalue weighted by Crippen LogP contribution is 2.22. The highest BCUT2D eigenvalue weighted by Gasteiger charge is 2.32. The summed E-state index contributed by atoms with van der Waals surface area (Å²) in [4.78, 5) is 27.3. The Morgan fingerprint density at radius 3 is 2.37 bits per heavy atom. The van der Waals surface area contributed by atoms with Crippen LogP contribution in [0.25, 0.3) is 0 Å². The van der Waals surface area contributed by atoms with Crippen molar-refractivity contribution in [3.8, 4) is 5.75 Å². The minimum Gasteiger partial charge on any atom is -0.495 e. The van der Waals surface area contributed by atoms with Crippen LogP contribution in [0.1, 0.15) is 6.92 Å². The molecule has 4 N–H and O–H groups in total. The number of carbonyl (C=O) groups is 2. The Labute approximate surface area is 175 Å². The Balaban J connectivity index is 1.45. The third-order valence-corrected chi connectivity index (χ3v) is 5.51. The van der Waals surface area contributed by atoms with Gasteiger partial charge in [-0.2, -0.15) is 0 Å². The van der Waals surface area contributed by atoms with E-state index < -0.39 is 0 Å². The summed E-state index contributed by atoms with van der Waals surface area (Å²) in [7, 11) is 1.58. The number of piperazine rings is 1. The fourth-order valence-corrected chi connectivity index (χ4v) is 3.67. The minimum absolute atomic E-state index is 0.0491. The summed E-state index contributed by atoms with van der Waals surface area (Å²) >= 11 is 0. The normalized spacial score (nSPS) is 19.6. The average molecular weight is 416 g/mol. The molecule has 1 aliphatic heterocycles. The van der Waals surface area contributed by atoms with Crippen LogP contribution in [-0.2, 0) is 9.59 Å². The topological polar surface area (TPSA) is 76.3 Å². The van der Waals surface area contributed by atoms with E-state index in [0.29, 0.717) is 23.7 Å². The van der Waals surface area contributed by atoms with Gasteiger partial charge in [0.05, 0.1) is 12.8 Å². The van der Waals surface area contributed by atoms with Gasteiger partial charge in [0.15, 0.2) is 12.6 Å². The first kappa shape index (κ1) is 21.7. The highest BCUT2D eigenvalue weighted by molar-refractivity contribution is 5.95. The predicted molar refractivity (Wildman–Crippen MR) is 112 cm³/mol. The number of quaternary nitrogens is 2. The molecule has 1 heterocycles. The molecule has 1 aliphatic rings. The van der Waals surface area contributed by atoms with Gasteiger partial charge in [0.25, 0.3) is 11.8 Å². The van der Waals surface area contributed by atoms with Crippen LogP contribution in [0.15, 0.2) is 48.5 Å². The largest absolute Gasteiger partial charge is 0.495 e. The van der Waals surface area contributed by atoms with Crippen LogP contribution in [0, 0.1) is 5.82 Å². The molecule has 0 aromatic heterocycles. The number of ether oxygens (including phenoxy) is 1. The first-order valence-corrected chi connectivity index (χ1v) is 10.1. The van der Waals surface area contributed by atoms with Gasteiger partial charge in [0, 0.05) is 5.69 Å². The quantitative estimate of drug-likeness (QED) is 0.496. The number of hydrogen-bond acceptors (Lipinski definition) is 3. The van der Waals surface area contributed by atoms with Gasteiger partial charge in [-0.3, -0.25) is 9.59 Å². The molecule has 1 saturated heterocycles. The van der Waals surface area contributed by atoms with Crippen LogP contribution in [-0.4, -0.2) is 57.7 Å². The molecule has 0 aliphatic carbocycles. The van der Waals surface area contributed by atoms with Crippen LogP contribution >= 0.6 is 0 Å². The molecule has 3 rings (SSSR count). The summed E-state index contributed by atoms with van der Waals surface area (Å²) in [6.07, 6.45) is 0. The molecule has 2 aromatic rings. The van der Waals surface area contributed by atoms with Crippen LogP contribution < -0.4 is 25.2 Å². The van der Waals surface area contributed by atoms with Crippen molar-refractivity contribution in [3.63, 3.8) is 0 Å². The molecule has 0 radical (unpaired) electrons. The average Bonchev–Trinajstić information content (AvgIpc) is 2.75. The first-order valence-electron chi connectivity index (χ1n) is 10.1. The summed E-state index contributed by atoms with van der Waals surface area (Å²) in [6, 6.07) is 12.9. The molecule has 8 heteroatoms. The van der Waals surface area contributed by atoms with Gasteiger partial charge >= 0.3 is 0 Å². The van der Waals surface area contributed by atoms with Crippen molar-refractivity contribution in [2.24, 2.45) is 0 Å². The number of nitrogens with one attached hydrogen (secondary N) is 4. The molecule has 2 aromatic carbocycles. The van der Waals surface area contributed by atoms with E-state index >= 15 is 0 Å². The molecular weight excluding hydrogens is 387 g/mol. The maximum atomic E-state index is 13.0. The lowest BCUT2D eigenvalue weighted by molar-refractivity contribution is -1.01. The van der Waals surface area contributed by atoms with Crippen LogP contribution in [0.5, 0.6) is 5.75 Å². The molecule has 30 heavy (non-hydrogen) atoms. The van der Waals surface area contributed by atoms with Gasteiger partial charge in [-0.05, 0) is 43.3 Å². The van der Waals surface area contributed by atoms with Crippen molar-refractivity contribution in [1.29, 1.82) is 0 Å². The Hall–Kier alpha value is -2.97. The number of para-hydroxylation sites is 2. The zero-order valence-corrected chi connectivity index (χ0v) is 17.3. The lowest BCUT2D eigenvalue weighted by Gasteiger charge is -2.32. The van der Waals surface area contributed by atoms with Gasteiger partial charge in [-0.1, -0.05) is 12.1 Å². The van der Waals surface area contributed by atoms with E-state index in [2.05, 4.69) is 10.6 Å². The number of rotatable bonds is 7. The smallest absolute Gasteiger partial charge is 0.282 e. The maximum absolute atomic E-state index is 13.0. The van der Waals surface area contributed by atoms with Gasteiger partial charge in [0.2, 0.25) is 0 Å². The maximum Gasteiger partial charge on any atom is 0.282 e. The standard InChI is InChI=1S/C22H27FN4O3/c1-16(22(29)25-19-5-3-4-6-20(19)30-2)27-13-11-26(12-14-27)15-21(28)24-18-9-7-17(23)8-10-18/h3-10,16H,11-15H2,1-2H3,(H,24,28)(H,25,29)/p+2/t16-/m1/s1. The van der Waals surface area contributed by atoms with Gasteiger partial charge in [-0.15, -0.1) is 0 Å². The van der Waals surface area contributed by atoms with Crippen molar-refractivity contribution < 1.29 is 28.5 Å². The summed E-state index contributed by atoms with van der Waals surface area (Å²) in [5.74, 6) is 0.157. The third kappa shape index (κ3) is 5.77. The van der Waals surface area contributed by atoms with E-state index in [1.165, 1.54) is 21.9 Å². The second-order valence-electron chi connectivity index (χ2n) is 7.55. The monoisotopic (exact) mass is 416 g/mol. The number of halogens is 1. The molecule has 160 valence electrons. The van der Waals surface area contributed by atoms with Gasteiger partial charge in [-0.25, -0.2) is 4.39 Å². The number of hydrogen-bond donors (Lipinski definition) is 4. The van der Waals surface area contributed by atoms with E-state index in [-0.39, 0.29) is 23.7 Å². The third-order valence-electron chi connectivity index (χ3n) is 5.51. The molecule has 0 saturated carbocycles. The number of methoxy groups -OCH3 is 1. The summed E-state index contributed by atoms with van der Waals surface area (Å²) in [5.41, 5.74) is 1.25. The van der Waals surface area contributed by atoms with E-state index in [9.17, 15) is 14.0 Å². The van der Waals surface area contributed by atoms with E-state index in [1.54, 1.807) is 19.2 Å². The lowest BCUT2D eigenvalue weighted by Crippen LogP contribution is -3.30. The van der Waals surface area contributed by atoms with Crippen LogP contribution in [0.2, 0.25) is 0 Å². The zero-order valence-electron chi connectivity index (χ0n) is 17.3. The Morgan fingerprint density at radius 2 is 1.70 bits per heavy atom. The van der Waals surface area contributed by atoms with Crippen LogP contribution in [0.4, 0.5) is 15.8 Å². The fraction of sp³-hybridized carbons (Fsp3) is 0.364. The molecule has 0 spiro atoms. The fourth-order valence-electron chi connectivity index (χ4n) is 3.67. The second kappa shape index (κ2) is 10.2.